The molecule has 1 aliphatic rings. The summed E-state index contributed by atoms with van der Waals surface area (Å²) in [6.07, 6.45) is 0.915. The summed E-state index contributed by atoms with van der Waals surface area (Å²) in [7, 11) is 0. The molecule has 0 aromatic carbocycles. The third-order valence-corrected chi connectivity index (χ3v) is 5.88. The lowest BCUT2D eigenvalue weighted by Gasteiger charge is -2.21. The molecule has 5 nitrogen and oxygen atoms in total. The van der Waals surface area contributed by atoms with Gasteiger partial charge in [-0.2, -0.15) is 18.3 Å². The second kappa shape index (κ2) is 8.51. The highest BCUT2D eigenvalue weighted by molar-refractivity contribution is 7.12. The van der Waals surface area contributed by atoms with Crippen LogP contribution >= 0.6 is 11.3 Å². The predicted molar refractivity (Wildman–Crippen MR) is 92.0 cm³/mol. The lowest BCUT2D eigenvalue weighted by Crippen LogP contribution is -2.28. The van der Waals surface area contributed by atoms with E-state index >= 15 is 0 Å². The first-order chi connectivity index (χ1) is 12.5. The van der Waals surface area contributed by atoms with Crippen LogP contribution in [0.1, 0.15) is 32.9 Å². The summed E-state index contributed by atoms with van der Waals surface area (Å²) in [5, 5.41) is 16.2. The van der Waals surface area contributed by atoms with Gasteiger partial charge in [-0.05, 0) is 31.4 Å². The largest absolute Gasteiger partial charge is 0.425 e. The van der Waals surface area contributed by atoms with Crippen molar-refractivity contribution >= 4 is 11.3 Å². The fraction of sp³-hybridized carbons (Fsp3) is 0.588. The van der Waals surface area contributed by atoms with E-state index in [1.54, 1.807) is 6.20 Å². The minimum atomic E-state index is -4.43. The molecule has 0 saturated heterocycles. The summed E-state index contributed by atoms with van der Waals surface area (Å²) in [6.45, 7) is 2.55. The van der Waals surface area contributed by atoms with Crippen LogP contribution in [0.4, 0.5) is 13.2 Å². The van der Waals surface area contributed by atoms with Crippen LogP contribution in [0.25, 0.3) is 0 Å². The first-order valence-electron chi connectivity index (χ1n) is 8.58. The highest BCUT2D eigenvalue weighted by Gasteiger charge is 2.37. The zero-order valence-corrected chi connectivity index (χ0v) is 15.1. The molecule has 2 aromatic heterocycles. The summed E-state index contributed by atoms with van der Waals surface area (Å²) >= 11 is 0.771. The smallest absolute Gasteiger partial charge is 0.392 e. The molecule has 0 spiro atoms. The Balaban J connectivity index is 1.76. The van der Waals surface area contributed by atoms with E-state index in [-0.39, 0.29) is 5.56 Å². The Labute approximate surface area is 153 Å². The van der Waals surface area contributed by atoms with Gasteiger partial charge in [-0.25, -0.2) is 0 Å². The number of rotatable bonds is 3. The van der Waals surface area contributed by atoms with E-state index in [4.69, 9.17) is 4.74 Å². The highest BCUT2D eigenvalue weighted by atomic mass is 32.1. The molecule has 0 atom stereocenters. The highest BCUT2D eigenvalue weighted by Crippen LogP contribution is 2.41. The van der Waals surface area contributed by atoms with Crippen molar-refractivity contribution in [3.8, 4) is 0 Å². The summed E-state index contributed by atoms with van der Waals surface area (Å²) in [5.74, 6) is 0. The molecule has 0 fully saturated rings. The zero-order valence-electron chi connectivity index (χ0n) is 14.3. The van der Waals surface area contributed by atoms with Crippen molar-refractivity contribution in [2.75, 3.05) is 26.3 Å². The minimum Gasteiger partial charge on any atom is -0.392 e. The van der Waals surface area contributed by atoms with Crippen molar-refractivity contribution in [3.05, 3.63) is 38.8 Å². The van der Waals surface area contributed by atoms with Crippen LogP contribution < -0.4 is 0 Å². The number of fused-ring (bicyclic) bond motifs is 1. The van der Waals surface area contributed by atoms with Gasteiger partial charge < -0.3 is 9.84 Å². The van der Waals surface area contributed by atoms with Crippen molar-refractivity contribution in [2.45, 2.75) is 38.6 Å². The number of nitrogens with one attached hydrogen (secondary N) is 1. The van der Waals surface area contributed by atoms with Crippen molar-refractivity contribution < 1.29 is 23.0 Å². The second-order valence-corrected chi connectivity index (χ2v) is 7.42. The van der Waals surface area contributed by atoms with E-state index in [2.05, 4.69) is 15.1 Å². The molecule has 26 heavy (non-hydrogen) atoms. The number of hydrogen-bond acceptors (Lipinski definition) is 5. The summed E-state index contributed by atoms with van der Waals surface area (Å²) in [4.78, 5) is 2.27. The van der Waals surface area contributed by atoms with E-state index in [1.165, 1.54) is 0 Å². The fourth-order valence-corrected chi connectivity index (χ4v) is 4.53. The van der Waals surface area contributed by atoms with Gasteiger partial charge in [0.25, 0.3) is 0 Å². The van der Waals surface area contributed by atoms with Gasteiger partial charge in [0, 0.05) is 35.3 Å². The third-order valence-electron chi connectivity index (χ3n) is 4.50. The molecule has 0 saturated carbocycles. The van der Waals surface area contributed by atoms with E-state index in [1.807, 2.05) is 6.20 Å². The van der Waals surface area contributed by atoms with Crippen LogP contribution in [0.3, 0.4) is 0 Å². The number of halogens is 3. The molecule has 9 heteroatoms. The van der Waals surface area contributed by atoms with Crippen molar-refractivity contribution in [1.29, 1.82) is 0 Å². The number of alkyl halides is 3. The molecule has 0 radical (unpaired) electrons. The van der Waals surface area contributed by atoms with Crippen LogP contribution in [0, 0.1) is 0 Å². The van der Waals surface area contributed by atoms with E-state index in [0.29, 0.717) is 31.6 Å². The standard InChI is InChI=1S/C17H22F3N3O2S/c18-17(19,20)16-14(11-24)13-3-6-25-7-5-23(4-1-2-15(13)26-16)10-12-8-21-22-9-12/h8-9,24H,1-7,10-11H2,(H,21,22). The first-order valence-corrected chi connectivity index (χ1v) is 9.40. The van der Waals surface area contributed by atoms with Gasteiger partial charge in [0.2, 0.25) is 0 Å². The average Bonchev–Trinajstić information content (AvgIpc) is 3.20. The molecular formula is C17H22F3N3O2S. The van der Waals surface area contributed by atoms with Gasteiger partial charge >= 0.3 is 6.18 Å². The molecule has 144 valence electrons. The maximum absolute atomic E-state index is 13.3. The molecular weight excluding hydrogens is 367 g/mol. The first kappa shape index (κ1) is 19.3. The fourth-order valence-electron chi connectivity index (χ4n) is 3.27. The quantitative estimate of drug-likeness (QED) is 0.847. The number of aromatic amines is 1. The Hall–Kier alpha value is -1.42. The van der Waals surface area contributed by atoms with E-state index < -0.39 is 17.7 Å². The SMILES string of the molecule is OCc1c(C(F)(F)F)sc2c1CCOCCN(Cc1cn[nH]c1)CCC2. The number of ether oxygens (including phenoxy) is 1. The monoisotopic (exact) mass is 389 g/mol. The number of aliphatic hydroxyl groups excluding tert-OH is 1. The minimum absolute atomic E-state index is 0.0237. The van der Waals surface area contributed by atoms with Crippen molar-refractivity contribution in [2.24, 2.45) is 0 Å². The Kier molecular flexibility index (Phi) is 6.33. The van der Waals surface area contributed by atoms with Gasteiger partial charge in [-0.1, -0.05) is 0 Å². The van der Waals surface area contributed by atoms with E-state index in [0.717, 1.165) is 47.8 Å². The number of hydrogen-bond donors (Lipinski definition) is 2. The van der Waals surface area contributed by atoms with Gasteiger partial charge in [0.05, 0.1) is 26.0 Å². The molecule has 2 aromatic rings. The predicted octanol–water partition coefficient (Wildman–Crippen LogP) is 2.99. The Morgan fingerprint density at radius 3 is 2.81 bits per heavy atom. The van der Waals surface area contributed by atoms with Crippen LogP contribution in [-0.4, -0.2) is 46.5 Å². The van der Waals surface area contributed by atoms with Crippen molar-refractivity contribution in [1.82, 2.24) is 15.1 Å². The molecule has 0 aliphatic carbocycles. The van der Waals surface area contributed by atoms with Gasteiger partial charge in [-0.15, -0.1) is 11.3 Å². The van der Waals surface area contributed by atoms with Gasteiger partial charge in [0.1, 0.15) is 4.88 Å². The Bertz CT molecular complexity index is 701. The number of nitrogens with zero attached hydrogens (tertiary/aromatic N) is 2. The summed E-state index contributed by atoms with van der Waals surface area (Å²) in [6, 6.07) is 0. The summed E-state index contributed by atoms with van der Waals surface area (Å²) in [5.41, 5.74) is 1.71. The summed E-state index contributed by atoms with van der Waals surface area (Å²) < 4.78 is 45.5. The molecule has 3 heterocycles. The average molecular weight is 389 g/mol. The van der Waals surface area contributed by atoms with Crippen LogP contribution in [0.5, 0.6) is 0 Å². The van der Waals surface area contributed by atoms with E-state index in [9.17, 15) is 18.3 Å². The Morgan fingerprint density at radius 1 is 1.27 bits per heavy atom. The number of aryl methyl sites for hydroxylation is 1. The van der Waals surface area contributed by atoms with Gasteiger partial charge in [-0.3, -0.25) is 10.00 Å². The normalized spacial score (nSPS) is 17.7. The molecule has 0 amide bonds. The topological polar surface area (TPSA) is 61.4 Å². The maximum atomic E-state index is 13.3. The Morgan fingerprint density at radius 2 is 2.12 bits per heavy atom. The zero-order chi connectivity index (χ0) is 18.6. The molecule has 0 unspecified atom stereocenters. The third kappa shape index (κ3) is 4.64. The molecule has 2 N–H and O–H groups in total. The van der Waals surface area contributed by atoms with Gasteiger partial charge in [0.15, 0.2) is 0 Å². The number of H-pyrrole nitrogens is 1. The molecule has 1 aliphatic heterocycles. The second-order valence-electron chi connectivity index (χ2n) is 6.32. The van der Waals surface area contributed by atoms with Crippen LogP contribution in [0.15, 0.2) is 12.4 Å². The van der Waals surface area contributed by atoms with Crippen molar-refractivity contribution in [3.63, 3.8) is 0 Å². The number of aromatic nitrogens is 2. The molecule has 0 bridgehead atoms. The lowest BCUT2D eigenvalue weighted by molar-refractivity contribution is -0.135. The lowest BCUT2D eigenvalue weighted by atomic mass is 10.0. The van der Waals surface area contributed by atoms with Crippen LogP contribution in [0.2, 0.25) is 0 Å². The number of aliphatic hydroxyl groups is 1. The maximum Gasteiger partial charge on any atom is 0.425 e. The molecule has 3 rings (SSSR count). The van der Waals surface area contributed by atoms with Crippen LogP contribution in [-0.2, 0) is 36.9 Å². The number of thiophene rings is 1.